The molecule has 2 nitrogen and oxygen atoms in total. The Bertz CT molecular complexity index is 373. The lowest BCUT2D eigenvalue weighted by Crippen LogP contribution is -1.95. The van der Waals surface area contributed by atoms with Crippen LogP contribution in [-0.4, -0.2) is 7.11 Å². The first-order chi connectivity index (χ1) is 6.69. The Kier molecular flexibility index (Phi) is 3.90. The third-order valence-corrected chi connectivity index (χ3v) is 2.25. The monoisotopic (exact) mass is 257 g/mol. The second kappa shape index (κ2) is 4.97. The number of hydrogen-bond acceptors (Lipinski definition) is 2. The Balaban J connectivity index is 3.06. The van der Waals surface area contributed by atoms with E-state index in [9.17, 15) is 4.39 Å². The summed E-state index contributed by atoms with van der Waals surface area (Å²) in [6, 6.07) is 5.12. The second-order valence-electron chi connectivity index (χ2n) is 2.74. The zero-order chi connectivity index (χ0) is 10.6. The molecule has 0 fully saturated rings. The molecule has 74 valence electrons. The van der Waals surface area contributed by atoms with Crippen molar-refractivity contribution in [2.75, 3.05) is 7.11 Å². The van der Waals surface area contributed by atoms with E-state index in [1.165, 1.54) is 13.2 Å². The third kappa shape index (κ3) is 2.46. The van der Waals surface area contributed by atoms with E-state index in [1.807, 2.05) is 6.07 Å². The van der Waals surface area contributed by atoms with Gasteiger partial charge < -0.3 is 4.74 Å². The lowest BCUT2D eigenvalue weighted by atomic mass is 10.1. The maximum absolute atomic E-state index is 13.3. The fourth-order valence-electron chi connectivity index (χ4n) is 1.22. The molecule has 0 amide bonds. The van der Waals surface area contributed by atoms with Crippen LogP contribution in [0.25, 0.3) is 0 Å². The Morgan fingerprint density at radius 1 is 1.57 bits per heavy atom. The van der Waals surface area contributed by atoms with Crippen LogP contribution >= 0.6 is 15.9 Å². The maximum Gasteiger partial charge on any atom is 0.166 e. The number of rotatable bonds is 3. The molecule has 4 heteroatoms. The molecule has 0 radical (unpaired) electrons. The summed E-state index contributed by atoms with van der Waals surface area (Å²) in [5, 5.41) is 8.43. The van der Waals surface area contributed by atoms with E-state index >= 15 is 0 Å². The highest BCUT2D eigenvalue weighted by Gasteiger charge is 2.10. The van der Waals surface area contributed by atoms with Gasteiger partial charge in [0.05, 0.1) is 13.2 Å². The Morgan fingerprint density at radius 3 is 2.86 bits per heavy atom. The molecule has 1 aromatic rings. The summed E-state index contributed by atoms with van der Waals surface area (Å²) in [6.45, 7) is 0. The van der Waals surface area contributed by atoms with E-state index in [4.69, 9.17) is 10.00 Å². The summed E-state index contributed by atoms with van der Waals surface area (Å²) in [7, 11) is 1.42. The second-order valence-corrected chi connectivity index (χ2v) is 3.65. The van der Waals surface area contributed by atoms with Gasteiger partial charge in [-0.25, -0.2) is 4.39 Å². The number of nitrogens with zero attached hydrogens (tertiary/aromatic N) is 1. The van der Waals surface area contributed by atoms with Gasteiger partial charge in [-0.1, -0.05) is 15.9 Å². The highest BCUT2D eigenvalue weighted by Crippen LogP contribution is 2.27. The minimum atomic E-state index is -0.408. The fourth-order valence-corrected chi connectivity index (χ4v) is 1.70. The minimum Gasteiger partial charge on any atom is -0.493 e. The lowest BCUT2D eigenvalue weighted by molar-refractivity contribution is 0.381. The predicted molar refractivity (Wildman–Crippen MR) is 54.6 cm³/mol. The van der Waals surface area contributed by atoms with Crippen molar-refractivity contribution in [3.8, 4) is 11.8 Å². The van der Waals surface area contributed by atoms with Gasteiger partial charge >= 0.3 is 0 Å². The first-order valence-electron chi connectivity index (χ1n) is 4.08. The molecule has 14 heavy (non-hydrogen) atoms. The maximum atomic E-state index is 13.3. The van der Waals surface area contributed by atoms with E-state index in [-0.39, 0.29) is 5.75 Å². The van der Waals surface area contributed by atoms with Gasteiger partial charge in [0.15, 0.2) is 11.6 Å². The molecule has 0 aliphatic rings. The molecule has 0 bridgehead atoms. The van der Waals surface area contributed by atoms with Gasteiger partial charge in [-0.05, 0) is 24.1 Å². The van der Waals surface area contributed by atoms with Crippen LogP contribution in [0.2, 0.25) is 0 Å². The number of benzene rings is 1. The van der Waals surface area contributed by atoms with Gasteiger partial charge in [0, 0.05) is 10.9 Å². The van der Waals surface area contributed by atoms with E-state index < -0.39 is 5.82 Å². The number of methoxy groups -OCH3 is 1. The van der Waals surface area contributed by atoms with E-state index in [0.717, 1.165) is 0 Å². The van der Waals surface area contributed by atoms with Crippen molar-refractivity contribution in [1.29, 1.82) is 5.26 Å². The number of aryl methyl sites for hydroxylation is 1. The quantitative estimate of drug-likeness (QED) is 0.834. The van der Waals surface area contributed by atoms with Crippen molar-refractivity contribution in [2.45, 2.75) is 12.8 Å². The topological polar surface area (TPSA) is 33.0 Å². The minimum absolute atomic E-state index is 0.225. The molecule has 1 aromatic carbocycles. The van der Waals surface area contributed by atoms with Crippen LogP contribution in [0.5, 0.6) is 5.75 Å². The summed E-state index contributed by atoms with van der Waals surface area (Å²) < 4.78 is 18.9. The zero-order valence-corrected chi connectivity index (χ0v) is 9.27. The molecule has 0 saturated carbocycles. The molecule has 0 heterocycles. The Hall–Kier alpha value is -1.08. The number of nitriles is 1. The molecular formula is C10H9BrFNO. The van der Waals surface area contributed by atoms with E-state index in [2.05, 4.69) is 15.9 Å². The van der Waals surface area contributed by atoms with Crippen LogP contribution in [0.15, 0.2) is 16.6 Å². The number of halogens is 2. The average Bonchev–Trinajstić information content (AvgIpc) is 2.14. The molecule has 0 atom stereocenters. The highest BCUT2D eigenvalue weighted by atomic mass is 79.9. The van der Waals surface area contributed by atoms with Crippen molar-refractivity contribution in [1.82, 2.24) is 0 Å². The van der Waals surface area contributed by atoms with Crippen LogP contribution in [0.3, 0.4) is 0 Å². The van der Waals surface area contributed by atoms with E-state index in [0.29, 0.717) is 22.9 Å². The van der Waals surface area contributed by atoms with Crippen molar-refractivity contribution < 1.29 is 9.13 Å². The fraction of sp³-hybridized carbons (Fsp3) is 0.300. The number of ether oxygens (including phenoxy) is 1. The normalized spacial score (nSPS) is 9.57. The van der Waals surface area contributed by atoms with Crippen LogP contribution in [0.1, 0.15) is 12.0 Å². The summed E-state index contributed by atoms with van der Waals surface area (Å²) in [5.74, 6) is -0.182. The van der Waals surface area contributed by atoms with Crippen molar-refractivity contribution >= 4 is 15.9 Å². The van der Waals surface area contributed by atoms with Crippen molar-refractivity contribution in [3.63, 3.8) is 0 Å². The molecular weight excluding hydrogens is 249 g/mol. The third-order valence-electron chi connectivity index (χ3n) is 1.80. The van der Waals surface area contributed by atoms with Crippen molar-refractivity contribution in [3.05, 3.63) is 28.0 Å². The molecule has 0 spiro atoms. The lowest BCUT2D eigenvalue weighted by Gasteiger charge is -2.08. The Labute approximate surface area is 90.4 Å². The van der Waals surface area contributed by atoms with Crippen LogP contribution in [0.4, 0.5) is 4.39 Å². The molecule has 0 saturated heterocycles. The van der Waals surface area contributed by atoms with Crippen LogP contribution in [0, 0.1) is 17.1 Å². The largest absolute Gasteiger partial charge is 0.493 e. The SMILES string of the molecule is COc1c(F)cc(Br)cc1CCC#N. The molecule has 0 N–H and O–H groups in total. The molecule has 0 aliphatic heterocycles. The molecule has 0 aromatic heterocycles. The Morgan fingerprint density at radius 2 is 2.29 bits per heavy atom. The van der Waals surface area contributed by atoms with Crippen LogP contribution < -0.4 is 4.74 Å². The number of hydrogen-bond donors (Lipinski definition) is 0. The summed E-state index contributed by atoms with van der Waals surface area (Å²) >= 11 is 3.19. The first-order valence-corrected chi connectivity index (χ1v) is 4.87. The predicted octanol–water partition coefficient (Wildman–Crippen LogP) is 3.05. The molecule has 0 unspecified atom stereocenters. The highest BCUT2D eigenvalue weighted by molar-refractivity contribution is 9.10. The summed E-state index contributed by atoms with van der Waals surface area (Å²) in [4.78, 5) is 0. The first kappa shape index (κ1) is 11.0. The van der Waals surface area contributed by atoms with Gasteiger partial charge in [-0.2, -0.15) is 5.26 Å². The molecule has 1 rings (SSSR count). The smallest absolute Gasteiger partial charge is 0.166 e. The summed E-state index contributed by atoms with van der Waals surface area (Å²) in [6.07, 6.45) is 0.849. The van der Waals surface area contributed by atoms with Crippen LogP contribution in [-0.2, 0) is 6.42 Å². The van der Waals surface area contributed by atoms with Gasteiger partial charge in [0.25, 0.3) is 0 Å². The van der Waals surface area contributed by atoms with Crippen molar-refractivity contribution in [2.24, 2.45) is 0 Å². The standard InChI is InChI=1S/C10H9BrFNO/c1-14-10-7(3-2-4-13)5-8(11)6-9(10)12/h5-6H,2-3H2,1H3. The van der Waals surface area contributed by atoms with Gasteiger partial charge in [0.1, 0.15) is 0 Å². The van der Waals surface area contributed by atoms with Gasteiger partial charge in [-0.3, -0.25) is 0 Å². The molecule has 0 aliphatic carbocycles. The average molecular weight is 258 g/mol. The van der Waals surface area contributed by atoms with E-state index in [1.54, 1.807) is 6.07 Å². The van der Waals surface area contributed by atoms with Gasteiger partial charge in [-0.15, -0.1) is 0 Å². The summed E-state index contributed by atoms with van der Waals surface area (Å²) in [5.41, 5.74) is 0.709. The zero-order valence-electron chi connectivity index (χ0n) is 7.68. The van der Waals surface area contributed by atoms with Gasteiger partial charge in [0.2, 0.25) is 0 Å².